The van der Waals surface area contributed by atoms with Gasteiger partial charge in [-0.05, 0) is 25.3 Å². The minimum Gasteiger partial charge on any atom is -0.368 e. The van der Waals surface area contributed by atoms with E-state index in [2.05, 4.69) is 25.4 Å². The van der Waals surface area contributed by atoms with Gasteiger partial charge in [0.15, 0.2) is 11.0 Å². The van der Waals surface area contributed by atoms with Crippen molar-refractivity contribution in [2.45, 2.75) is 25.9 Å². The van der Waals surface area contributed by atoms with Crippen LogP contribution >= 0.6 is 11.8 Å². The summed E-state index contributed by atoms with van der Waals surface area (Å²) in [6.45, 7) is 5.90. The molecule has 0 aliphatic carbocycles. The summed E-state index contributed by atoms with van der Waals surface area (Å²) < 4.78 is 1.50. The standard InChI is InChI=1S/C14H15N7S.C2H6/c1-9-8-11(18-14(16-9)22-2)21-12(15)19-13(20-21)17-10-6-4-3-5-7-10;1-2/h3-8H,1-2H3,(H3,15,17,19,20);1-2H3. The van der Waals surface area contributed by atoms with Crippen LogP contribution in [0.3, 0.4) is 0 Å². The Hall–Kier alpha value is -2.61. The molecule has 3 rings (SSSR count). The second kappa shape index (κ2) is 8.30. The highest BCUT2D eigenvalue weighted by Crippen LogP contribution is 2.18. The van der Waals surface area contributed by atoms with Crippen LogP contribution in [0.25, 0.3) is 5.82 Å². The van der Waals surface area contributed by atoms with Gasteiger partial charge in [-0.15, -0.1) is 5.10 Å². The van der Waals surface area contributed by atoms with Crippen molar-refractivity contribution in [1.29, 1.82) is 0 Å². The van der Waals surface area contributed by atoms with Gasteiger partial charge < -0.3 is 11.1 Å². The SMILES string of the molecule is CC.CSc1nc(C)cc(-n2nc(Nc3ccccc3)nc2N)n1. The summed E-state index contributed by atoms with van der Waals surface area (Å²) in [4.78, 5) is 12.9. The van der Waals surface area contributed by atoms with Gasteiger partial charge in [-0.25, -0.2) is 9.97 Å². The maximum atomic E-state index is 5.95. The van der Waals surface area contributed by atoms with E-state index in [4.69, 9.17) is 5.73 Å². The van der Waals surface area contributed by atoms with Crippen LogP contribution in [0, 0.1) is 6.92 Å². The number of rotatable bonds is 4. The van der Waals surface area contributed by atoms with Gasteiger partial charge in [-0.3, -0.25) is 0 Å². The predicted octanol–water partition coefficient (Wildman–Crippen LogP) is 3.44. The summed E-state index contributed by atoms with van der Waals surface area (Å²) in [5.74, 6) is 1.29. The molecule has 7 nitrogen and oxygen atoms in total. The minimum atomic E-state index is 0.267. The zero-order valence-corrected chi connectivity index (χ0v) is 15.0. The first-order chi connectivity index (χ1) is 11.7. The molecule has 3 aromatic rings. The Morgan fingerprint density at radius 2 is 1.79 bits per heavy atom. The molecule has 0 atom stereocenters. The van der Waals surface area contributed by atoms with E-state index < -0.39 is 0 Å². The smallest absolute Gasteiger partial charge is 0.248 e. The molecular weight excluding hydrogens is 322 g/mol. The fourth-order valence-electron chi connectivity index (χ4n) is 1.92. The van der Waals surface area contributed by atoms with E-state index in [0.717, 1.165) is 11.4 Å². The Morgan fingerprint density at radius 3 is 2.46 bits per heavy atom. The number of nitrogen functional groups attached to an aromatic ring is 1. The molecule has 0 aliphatic rings. The van der Waals surface area contributed by atoms with Crippen molar-refractivity contribution in [2.24, 2.45) is 0 Å². The molecular formula is C16H21N7S. The van der Waals surface area contributed by atoms with E-state index >= 15 is 0 Å². The average molecular weight is 343 g/mol. The van der Waals surface area contributed by atoms with Crippen LogP contribution in [-0.2, 0) is 0 Å². The second-order valence-electron chi connectivity index (χ2n) is 4.55. The topological polar surface area (TPSA) is 94.5 Å². The monoisotopic (exact) mass is 343 g/mol. The quantitative estimate of drug-likeness (QED) is 0.553. The summed E-state index contributed by atoms with van der Waals surface area (Å²) in [6, 6.07) is 11.5. The number of aromatic nitrogens is 5. The summed E-state index contributed by atoms with van der Waals surface area (Å²) in [6.07, 6.45) is 1.92. The van der Waals surface area contributed by atoms with Gasteiger partial charge in [0, 0.05) is 17.4 Å². The van der Waals surface area contributed by atoms with Crippen molar-refractivity contribution in [2.75, 3.05) is 17.3 Å². The molecule has 8 heteroatoms. The highest BCUT2D eigenvalue weighted by molar-refractivity contribution is 7.98. The Kier molecular flexibility index (Phi) is 6.14. The summed E-state index contributed by atoms with van der Waals surface area (Å²) in [7, 11) is 0. The van der Waals surface area contributed by atoms with Crippen molar-refractivity contribution >= 4 is 29.3 Å². The number of aryl methyl sites for hydroxylation is 1. The van der Waals surface area contributed by atoms with E-state index in [1.807, 2.05) is 63.4 Å². The third-order valence-corrected chi connectivity index (χ3v) is 3.43. The van der Waals surface area contributed by atoms with Crippen molar-refractivity contribution in [3.8, 4) is 5.82 Å². The number of anilines is 3. The van der Waals surface area contributed by atoms with E-state index in [1.54, 1.807) is 0 Å². The largest absolute Gasteiger partial charge is 0.368 e. The summed E-state index contributed by atoms with van der Waals surface area (Å²) in [5, 5.41) is 8.14. The predicted molar refractivity (Wildman–Crippen MR) is 99.0 cm³/mol. The first-order valence-corrected chi connectivity index (χ1v) is 8.83. The van der Waals surface area contributed by atoms with E-state index in [-0.39, 0.29) is 5.95 Å². The van der Waals surface area contributed by atoms with Crippen LogP contribution in [0.2, 0.25) is 0 Å². The van der Waals surface area contributed by atoms with Gasteiger partial charge in [0.05, 0.1) is 0 Å². The fraction of sp³-hybridized carbons (Fsp3) is 0.250. The fourth-order valence-corrected chi connectivity index (χ4v) is 2.34. The number of para-hydroxylation sites is 1. The number of benzene rings is 1. The van der Waals surface area contributed by atoms with E-state index in [9.17, 15) is 0 Å². The van der Waals surface area contributed by atoms with Crippen LogP contribution in [0.15, 0.2) is 41.6 Å². The van der Waals surface area contributed by atoms with Gasteiger partial charge in [-0.1, -0.05) is 43.8 Å². The van der Waals surface area contributed by atoms with Crippen LogP contribution < -0.4 is 11.1 Å². The summed E-state index contributed by atoms with van der Waals surface area (Å²) >= 11 is 1.47. The molecule has 0 unspecified atom stereocenters. The molecule has 3 N–H and O–H groups in total. The van der Waals surface area contributed by atoms with E-state index in [1.165, 1.54) is 16.4 Å². The average Bonchev–Trinajstić information content (AvgIpc) is 2.97. The molecule has 0 bridgehead atoms. The van der Waals surface area contributed by atoms with Crippen LogP contribution in [0.4, 0.5) is 17.6 Å². The lowest BCUT2D eigenvalue weighted by atomic mass is 10.3. The number of hydrogen-bond acceptors (Lipinski definition) is 7. The lowest BCUT2D eigenvalue weighted by molar-refractivity contribution is 0.807. The molecule has 0 aliphatic heterocycles. The van der Waals surface area contributed by atoms with Crippen molar-refractivity contribution in [3.05, 3.63) is 42.1 Å². The third-order valence-electron chi connectivity index (χ3n) is 2.88. The van der Waals surface area contributed by atoms with Crippen LogP contribution in [0.5, 0.6) is 0 Å². The normalized spacial score (nSPS) is 10.0. The van der Waals surface area contributed by atoms with Crippen molar-refractivity contribution in [1.82, 2.24) is 24.7 Å². The lowest BCUT2D eigenvalue weighted by Crippen LogP contribution is -2.06. The molecule has 1 aromatic carbocycles. The van der Waals surface area contributed by atoms with Gasteiger partial charge in [0.25, 0.3) is 0 Å². The number of hydrogen-bond donors (Lipinski definition) is 2. The van der Waals surface area contributed by atoms with Gasteiger partial charge in [0.2, 0.25) is 11.9 Å². The van der Waals surface area contributed by atoms with Gasteiger partial charge in [0.1, 0.15) is 0 Å². The number of nitrogens with two attached hydrogens (primary N) is 1. The maximum Gasteiger partial charge on any atom is 0.248 e. The number of thioether (sulfide) groups is 1. The van der Waals surface area contributed by atoms with Gasteiger partial charge in [-0.2, -0.15) is 9.67 Å². The second-order valence-corrected chi connectivity index (χ2v) is 5.32. The van der Waals surface area contributed by atoms with Gasteiger partial charge >= 0.3 is 0 Å². The van der Waals surface area contributed by atoms with Crippen molar-refractivity contribution in [3.63, 3.8) is 0 Å². The molecule has 0 saturated heterocycles. The molecule has 126 valence electrons. The first-order valence-electron chi connectivity index (χ1n) is 7.60. The highest BCUT2D eigenvalue weighted by Gasteiger charge is 2.12. The Labute approximate surface area is 145 Å². The molecule has 0 saturated carbocycles. The molecule has 24 heavy (non-hydrogen) atoms. The Morgan fingerprint density at radius 1 is 1.08 bits per heavy atom. The molecule has 0 radical (unpaired) electrons. The first kappa shape index (κ1) is 17.7. The highest BCUT2D eigenvalue weighted by atomic mass is 32.2. The molecule has 2 aromatic heterocycles. The van der Waals surface area contributed by atoms with Crippen LogP contribution in [0.1, 0.15) is 19.5 Å². The van der Waals surface area contributed by atoms with Crippen LogP contribution in [-0.4, -0.2) is 31.0 Å². The number of nitrogens with one attached hydrogen (secondary N) is 1. The van der Waals surface area contributed by atoms with Crippen molar-refractivity contribution < 1.29 is 0 Å². The minimum absolute atomic E-state index is 0.267. The Bertz CT molecular complexity index is 786. The molecule has 0 spiro atoms. The third kappa shape index (κ3) is 4.23. The zero-order valence-electron chi connectivity index (χ0n) is 14.2. The Balaban J connectivity index is 0.00000100. The molecule has 2 heterocycles. The molecule has 0 fully saturated rings. The zero-order chi connectivity index (χ0) is 17.5. The number of nitrogens with zero attached hydrogens (tertiary/aromatic N) is 5. The summed E-state index contributed by atoms with van der Waals surface area (Å²) in [5.41, 5.74) is 7.69. The molecule has 0 amide bonds. The van der Waals surface area contributed by atoms with E-state index in [0.29, 0.717) is 16.9 Å². The maximum absolute atomic E-state index is 5.95. The lowest BCUT2D eigenvalue weighted by Gasteiger charge is -2.04.